The smallest absolute Gasteiger partial charge is 0.254 e. The summed E-state index contributed by atoms with van der Waals surface area (Å²) in [6, 6.07) is 24.6. The maximum absolute atomic E-state index is 13.5. The first-order valence-corrected chi connectivity index (χ1v) is 13.9. The maximum atomic E-state index is 13.5. The van der Waals surface area contributed by atoms with Gasteiger partial charge >= 0.3 is 0 Å². The molecule has 0 unspecified atom stereocenters. The summed E-state index contributed by atoms with van der Waals surface area (Å²) in [6.45, 7) is 5.80. The standard InChI is InChI=1S/C31H29ClN4O2S/c1-4-21-12-10-11-19(2)29(21)36-26(37)18-39-31-24(17-33)28(23-15-8-9-16-25(23)32)27(20(3)34-31)30(38)35-22-13-6-5-7-14-22/h5-16,28,34H,4,18H2,1-3H3,(H,35,38)(H,36,37)/t28-/m0/s1. The van der Waals surface area contributed by atoms with Crippen LogP contribution in [0.4, 0.5) is 11.4 Å². The molecule has 198 valence electrons. The van der Waals surface area contributed by atoms with Gasteiger partial charge in [-0.25, -0.2) is 0 Å². The largest absolute Gasteiger partial charge is 0.353 e. The van der Waals surface area contributed by atoms with Gasteiger partial charge in [0.2, 0.25) is 5.91 Å². The van der Waals surface area contributed by atoms with Crippen molar-refractivity contribution in [1.82, 2.24) is 5.32 Å². The third-order valence-electron chi connectivity index (χ3n) is 6.49. The zero-order valence-corrected chi connectivity index (χ0v) is 23.5. The molecule has 0 aromatic heterocycles. The highest BCUT2D eigenvalue weighted by Crippen LogP contribution is 2.43. The first-order valence-electron chi connectivity index (χ1n) is 12.6. The number of dihydropyridines is 1. The van der Waals surface area contributed by atoms with Gasteiger partial charge in [-0.2, -0.15) is 5.26 Å². The molecular weight excluding hydrogens is 528 g/mol. The van der Waals surface area contributed by atoms with E-state index < -0.39 is 5.92 Å². The van der Waals surface area contributed by atoms with Crippen molar-refractivity contribution < 1.29 is 9.59 Å². The molecule has 3 aromatic rings. The zero-order valence-electron chi connectivity index (χ0n) is 22.0. The van der Waals surface area contributed by atoms with Gasteiger partial charge in [-0.05, 0) is 55.2 Å². The lowest BCUT2D eigenvalue weighted by atomic mass is 9.82. The molecular formula is C31H29ClN4O2S. The lowest BCUT2D eigenvalue weighted by Crippen LogP contribution is -2.31. The van der Waals surface area contributed by atoms with E-state index in [1.54, 1.807) is 31.2 Å². The van der Waals surface area contributed by atoms with Crippen LogP contribution >= 0.6 is 23.4 Å². The summed E-state index contributed by atoms with van der Waals surface area (Å²) in [4.78, 5) is 26.5. The minimum absolute atomic E-state index is 0.0824. The number of carbonyl (C=O) groups is 2. The quantitative estimate of drug-likeness (QED) is 0.280. The summed E-state index contributed by atoms with van der Waals surface area (Å²) in [6.07, 6.45) is 0.799. The SMILES string of the molecule is CCc1cccc(C)c1NC(=O)CSC1=C(C#N)[C@H](c2ccccc2Cl)C(C(=O)Nc2ccccc2)=C(C)N1. The first-order chi connectivity index (χ1) is 18.8. The van der Waals surface area contributed by atoms with Crippen molar-refractivity contribution in [1.29, 1.82) is 5.26 Å². The molecule has 0 fully saturated rings. The fourth-order valence-corrected chi connectivity index (χ4v) is 5.72. The molecule has 8 heteroatoms. The number of nitrogens with one attached hydrogen (secondary N) is 3. The van der Waals surface area contributed by atoms with Crippen LogP contribution < -0.4 is 16.0 Å². The number of halogens is 1. The molecule has 0 aliphatic carbocycles. The lowest BCUT2D eigenvalue weighted by molar-refractivity contribution is -0.114. The van der Waals surface area contributed by atoms with E-state index in [1.165, 1.54) is 11.8 Å². The van der Waals surface area contributed by atoms with Crippen molar-refractivity contribution in [2.45, 2.75) is 33.1 Å². The molecule has 0 bridgehead atoms. The molecule has 39 heavy (non-hydrogen) atoms. The molecule has 1 aliphatic heterocycles. The van der Waals surface area contributed by atoms with Gasteiger partial charge in [0.15, 0.2) is 0 Å². The number of hydrogen-bond donors (Lipinski definition) is 3. The molecule has 3 aromatic carbocycles. The fraction of sp³-hybridized carbons (Fsp3) is 0.194. The second-order valence-corrected chi connectivity index (χ2v) is 10.5. The van der Waals surface area contributed by atoms with Crippen LogP contribution in [0.5, 0.6) is 0 Å². The molecule has 1 aliphatic rings. The maximum Gasteiger partial charge on any atom is 0.254 e. The summed E-state index contributed by atoms with van der Waals surface area (Å²) in [5.41, 5.74) is 5.47. The van der Waals surface area contributed by atoms with Crippen LogP contribution in [0.1, 0.15) is 36.5 Å². The van der Waals surface area contributed by atoms with E-state index in [-0.39, 0.29) is 17.6 Å². The van der Waals surface area contributed by atoms with Crippen molar-refractivity contribution >= 4 is 46.6 Å². The second kappa shape index (κ2) is 12.7. The normalized spacial score (nSPS) is 14.9. The number of benzene rings is 3. The van der Waals surface area contributed by atoms with E-state index in [9.17, 15) is 14.9 Å². The Kier molecular flexibility index (Phi) is 9.13. The molecule has 0 spiro atoms. The van der Waals surface area contributed by atoms with Crippen molar-refractivity contribution in [2.24, 2.45) is 0 Å². The van der Waals surface area contributed by atoms with Gasteiger partial charge in [0, 0.05) is 27.7 Å². The highest BCUT2D eigenvalue weighted by atomic mass is 35.5. The molecule has 6 nitrogen and oxygen atoms in total. The van der Waals surface area contributed by atoms with Gasteiger partial charge in [0.25, 0.3) is 5.91 Å². The van der Waals surface area contributed by atoms with Crippen LogP contribution in [0.3, 0.4) is 0 Å². The van der Waals surface area contributed by atoms with Gasteiger partial charge in [0.1, 0.15) is 0 Å². The molecule has 3 N–H and O–H groups in total. The average Bonchev–Trinajstić information content (AvgIpc) is 2.93. The summed E-state index contributed by atoms with van der Waals surface area (Å²) in [7, 11) is 0. The van der Waals surface area contributed by atoms with Gasteiger partial charge in [0.05, 0.1) is 28.3 Å². The Hall–Kier alpha value is -3.99. The van der Waals surface area contributed by atoms with E-state index in [4.69, 9.17) is 11.6 Å². The van der Waals surface area contributed by atoms with E-state index in [0.717, 1.165) is 23.2 Å². The highest BCUT2D eigenvalue weighted by Gasteiger charge is 2.36. The van der Waals surface area contributed by atoms with Gasteiger partial charge in [-0.3, -0.25) is 9.59 Å². The Morgan fingerprint density at radius 2 is 1.72 bits per heavy atom. The predicted molar refractivity (Wildman–Crippen MR) is 159 cm³/mol. The molecule has 1 heterocycles. The zero-order chi connectivity index (χ0) is 27.9. The molecule has 0 radical (unpaired) electrons. The van der Waals surface area contributed by atoms with Crippen molar-refractivity contribution in [3.05, 3.63) is 116 Å². The number of amides is 2. The van der Waals surface area contributed by atoms with Crippen LogP contribution in [-0.2, 0) is 16.0 Å². The Labute approximate surface area is 238 Å². The Morgan fingerprint density at radius 1 is 1.00 bits per heavy atom. The number of rotatable bonds is 8. The molecule has 0 saturated carbocycles. The van der Waals surface area contributed by atoms with Crippen LogP contribution in [0, 0.1) is 18.3 Å². The average molecular weight is 557 g/mol. The second-order valence-electron chi connectivity index (χ2n) is 9.09. The number of aryl methyl sites for hydroxylation is 2. The lowest BCUT2D eigenvalue weighted by Gasteiger charge is -2.30. The number of anilines is 2. The van der Waals surface area contributed by atoms with Crippen molar-refractivity contribution in [3.8, 4) is 6.07 Å². The Bertz CT molecular complexity index is 1510. The third-order valence-corrected chi connectivity index (χ3v) is 7.85. The van der Waals surface area contributed by atoms with Gasteiger partial charge in [-0.1, -0.05) is 84.9 Å². The van der Waals surface area contributed by atoms with Crippen molar-refractivity contribution in [2.75, 3.05) is 16.4 Å². The van der Waals surface area contributed by atoms with Gasteiger partial charge < -0.3 is 16.0 Å². The Morgan fingerprint density at radius 3 is 2.41 bits per heavy atom. The topological polar surface area (TPSA) is 94.0 Å². The monoisotopic (exact) mass is 556 g/mol. The van der Waals surface area contributed by atoms with E-state index in [0.29, 0.717) is 38.1 Å². The number of hydrogen-bond acceptors (Lipinski definition) is 5. The van der Waals surface area contributed by atoms with E-state index in [2.05, 4.69) is 22.0 Å². The van der Waals surface area contributed by atoms with Crippen LogP contribution in [-0.4, -0.2) is 17.6 Å². The number of nitriles is 1. The molecule has 1 atom stereocenters. The fourth-order valence-electron chi connectivity index (χ4n) is 4.58. The third kappa shape index (κ3) is 6.36. The number of nitrogens with zero attached hydrogens (tertiary/aromatic N) is 1. The predicted octanol–water partition coefficient (Wildman–Crippen LogP) is 6.92. The number of carbonyl (C=O) groups excluding carboxylic acids is 2. The first kappa shape index (κ1) is 28.0. The summed E-state index contributed by atoms with van der Waals surface area (Å²) in [5, 5.41) is 20.5. The van der Waals surface area contributed by atoms with E-state index in [1.807, 2.05) is 62.4 Å². The minimum atomic E-state index is -0.706. The van der Waals surface area contributed by atoms with Crippen LogP contribution in [0.25, 0.3) is 0 Å². The number of allylic oxidation sites excluding steroid dienone is 2. The highest BCUT2D eigenvalue weighted by molar-refractivity contribution is 8.03. The van der Waals surface area contributed by atoms with E-state index >= 15 is 0 Å². The summed E-state index contributed by atoms with van der Waals surface area (Å²) in [5.74, 6) is -1.14. The molecule has 2 amide bonds. The Balaban J connectivity index is 1.64. The number of thioether (sulfide) groups is 1. The molecule has 4 rings (SSSR count). The minimum Gasteiger partial charge on any atom is -0.353 e. The van der Waals surface area contributed by atoms with Crippen LogP contribution in [0.15, 0.2) is 94.7 Å². The molecule has 0 saturated heterocycles. The summed E-state index contributed by atoms with van der Waals surface area (Å²) >= 11 is 7.82. The summed E-state index contributed by atoms with van der Waals surface area (Å²) < 4.78 is 0. The van der Waals surface area contributed by atoms with Crippen LogP contribution in [0.2, 0.25) is 5.02 Å². The number of para-hydroxylation sites is 2. The van der Waals surface area contributed by atoms with Crippen molar-refractivity contribution in [3.63, 3.8) is 0 Å². The van der Waals surface area contributed by atoms with Gasteiger partial charge in [-0.15, -0.1) is 0 Å².